The molecule has 0 spiro atoms. The number of hydrogen-bond donors (Lipinski definition) is 0. The minimum absolute atomic E-state index is 0.858. The van der Waals surface area contributed by atoms with Crippen LogP contribution in [-0.2, 0) is 13.1 Å². The fourth-order valence-corrected chi connectivity index (χ4v) is 3.75. The van der Waals surface area contributed by atoms with Gasteiger partial charge in [-0.2, -0.15) is 0 Å². The Bertz CT molecular complexity index is 925. The van der Waals surface area contributed by atoms with Crippen molar-refractivity contribution < 1.29 is 0 Å². The third-order valence-electron chi connectivity index (χ3n) is 4.12. The molecule has 2 heterocycles. The molecule has 0 radical (unpaired) electrons. The molecule has 4 aromatic rings. The summed E-state index contributed by atoms with van der Waals surface area (Å²) in [6.45, 7) is 1.78. The highest BCUT2D eigenvalue weighted by Crippen LogP contribution is 2.27. The van der Waals surface area contributed by atoms with Crippen LogP contribution < -0.4 is 0 Å². The second-order valence-corrected chi connectivity index (χ2v) is 6.86. The number of thiazole rings is 1. The quantitative estimate of drug-likeness (QED) is 0.528. The van der Waals surface area contributed by atoms with Crippen LogP contribution in [0.15, 0.2) is 72.2 Å². The van der Waals surface area contributed by atoms with E-state index in [4.69, 9.17) is 4.98 Å². The van der Waals surface area contributed by atoms with Gasteiger partial charge in [0.2, 0.25) is 0 Å². The molecule has 0 fully saturated rings. The van der Waals surface area contributed by atoms with Gasteiger partial charge in [-0.15, -0.1) is 11.3 Å². The molecule has 3 nitrogen and oxygen atoms in total. The van der Waals surface area contributed by atoms with Gasteiger partial charge >= 0.3 is 0 Å². The zero-order valence-corrected chi connectivity index (χ0v) is 14.4. The number of nitrogens with zero attached hydrogens (tertiary/aromatic N) is 3. The summed E-state index contributed by atoms with van der Waals surface area (Å²) in [5.41, 5.74) is 4.84. The molecular weight excluding hydrogens is 314 g/mol. The molecule has 2 aromatic heterocycles. The van der Waals surface area contributed by atoms with Crippen LogP contribution in [0.4, 0.5) is 0 Å². The minimum atomic E-state index is 0.858. The van der Waals surface area contributed by atoms with Gasteiger partial charge in [0.15, 0.2) is 4.96 Å². The average molecular weight is 333 g/mol. The molecule has 0 aliphatic carbocycles. The first-order chi connectivity index (χ1) is 11.8. The van der Waals surface area contributed by atoms with Gasteiger partial charge in [-0.3, -0.25) is 9.30 Å². The van der Waals surface area contributed by atoms with Crippen LogP contribution in [0, 0.1) is 0 Å². The lowest BCUT2D eigenvalue weighted by molar-refractivity contribution is 0.315. The van der Waals surface area contributed by atoms with Crippen molar-refractivity contribution in [1.29, 1.82) is 0 Å². The van der Waals surface area contributed by atoms with Gasteiger partial charge in [0.1, 0.15) is 0 Å². The van der Waals surface area contributed by atoms with Gasteiger partial charge in [-0.25, -0.2) is 4.98 Å². The Balaban J connectivity index is 1.66. The fourth-order valence-electron chi connectivity index (χ4n) is 3.02. The largest absolute Gasteiger partial charge is 0.296 e. The van der Waals surface area contributed by atoms with E-state index in [2.05, 4.69) is 82.5 Å². The zero-order chi connectivity index (χ0) is 16.4. The summed E-state index contributed by atoms with van der Waals surface area (Å²) in [5.74, 6) is 0. The normalized spacial score (nSPS) is 11.4. The molecule has 24 heavy (non-hydrogen) atoms. The van der Waals surface area contributed by atoms with Crippen LogP contribution in [0.3, 0.4) is 0 Å². The van der Waals surface area contributed by atoms with Crippen molar-refractivity contribution in [3.63, 3.8) is 0 Å². The van der Waals surface area contributed by atoms with E-state index in [9.17, 15) is 0 Å². The lowest BCUT2D eigenvalue weighted by atomic mass is 10.1. The summed E-state index contributed by atoms with van der Waals surface area (Å²) in [6.07, 6.45) is 2.12. The van der Waals surface area contributed by atoms with Crippen LogP contribution in [0.1, 0.15) is 11.3 Å². The number of benzene rings is 2. The van der Waals surface area contributed by atoms with Gasteiger partial charge in [0, 0.05) is 30.2 Å². The highest BCUT2D eigenvalue weighted by atomic mass is 32.1. The van der Waals surface area contributed by atoms with Crippen LogP contribution in [-0.4, -0.2) is 21.3 Å². The molecule has 0 unspecified atom stereocenters. The Labute approximate surface area is 145 Å². The third kappa shape index (κ3) is 2.98. The number of aromatic nitrogens is 2. The molecule has 0 saturated carbocycles. The van der Waals surface area contributed by atoms with Gasteiger partial charge in [0.25, 0.3) is 0 Å². The summed E-state index contributed by atoms with van der Waals surface area (Å²) in [5, 5.41) is 2.10. The van der Waals surface area contributed by atoms with Crippen molar-refractivity contribution in [3.8, 4) is 11.3 Å². The topological polar surface area (TPSA) is 20.5 Å². The standard InChI is InChI=1S/C20H19N3S/c1-22(14-16-8-4-2-5-9-16)15-18-19(17-10-6-3-7-11-17)21-20-23(18)12-13-24-20/h2-13H,14-15H2,1H3. The van der Waals surface area contributed by atoms with Crippen LogP contribution in [0.2, 0.25) is 0 Å². The smallest absolute Gasteiger partial charge is 0.194 e. The third-order valence-corrected chi connectivity index (χ3v) is 4.88. The monoisotopic (exact) mass is 333 g/mol. The van der Waals surface area contributed by atoms with Crippen molar-refractivity contribution in [2.24, 2.45) is 0 Å². The molecule has 0 atom stereocenters. The molecular formula is C20H19N3S. The molecule has 0 saturated heterocycles. The van der Waals surface area contributed by atoms with Crippen LogP contribution in [0.5, 0.6) is 0 Å². The summed E-state index contributed by atoms with van der Waals surface area (Å²) in [7, 11) is 2.16. The van der Waals surface area contributed by atoms with E-state index >= 15 is 0 Å². The van der Waals surface area contributed by atoms with E-state index in [0.29, 0.717) is 0 Å². The summed E-state index contributed by atoms with van der Waals surface area (Å²) in [6, 6.07) is 21.0. The van der Waals surface area contributed by atoms with Crippen molar-refractivity contribution in [1.82, 2.24) is 14.3 Å². The van der Waals surface area contributed by atoms with Gasteiger partial charge in [-0.1, -0.05) is 60.7 Å². The molecule has 0 aliphatic heterocycles. The first-order valence-corrected chi connectivity index (χ1v) is 8.91. The van der Waals surface area contributed by atoms with Crippen LogP contribution >= 0.6 is 11.3 Å². The Morgan fingerprint density at radius 2 is 1.67 bits per heavy atom. The molecule has 0 aliphatic rings. The number of hydrogen-bond acceptors (Lipinski definition) is 3. The lowest BCUT2D eigenvalue weighted by Crippen LogP contribution is -2.18. The van der Waals surface area contributed by atoms with E-state index in [-0.39, 0.29) is 0 Å². The van der Waals surface area contributed by atoms with Crippen LogP contribution in [0.25, 0.3) is 16.2 Å². The first kappa shape index (κ1) is 15.1. The second-order valence-electron chi connectivity index (χ2n) is 5.99. The Morgan fingerprint density at radius 3 is 2.42 bits per heavy atom. The molecule has 0 bridgehead atoms. The predicted octanol–water partition coefficient (Wildman–Crippen LogP) is 4.69. The number of rotatable bonds is 5. The zero-order valence-electron chi connectivity index (χ0n) is 13.6. The predicted molar refractivity (Wildman–Crippen MR) is 100 cm³/mol. The maximum absolute atomic E-state index is 4.86. The maximum atomic E-state index is 4.86. The molecule has 4 rings (SSSR count). The Hall–Kier alpha value is -2.43. The number of imidazole rings is 1. The van der Waals surface area contributed by atoms with Crippen molar-refractivity contribution >= 4 is 16.3 Å². The van der Waals surface area contributed by atoms with E-state index < -0.39 is 0 Å². The van der Waals surface area contributed by atoms with E-state index in [0.717, 1.165) is 23.7 Å². The Kier molecular flexibility index (Phi) is 4.15. The highest BCUT2D eigenvalue weighted by molar-refractivity contribution is 7.15. The van der Waals surface area contributed by atoms with Crippen molar-refractivity contribution in [2.75, 3.05) is 7.05 Å². The molecule has 4 heteroatoms. The van der Waals surface area contributed by atoms with Crippen molar-refractivity contribution in [2.45, 2.75) is 13.1 Å². The SMILES string of the molecule is CN(Cc1ccccc1)Cc1c(-c2ccccc2)nc2sccn12. The van der Waals surface area contributed by atoms with E-state index in [1.807, 2.05) is 6.07 Å². The summed E-state index contributed by atoms with van der Waals surface area (Å²) >= 11 is 1.68. The van der Waals surface area contributed by atoms with Gasteiger partial charge in [0.05, 0.1) is 11.4 Å². The van der Waals surface area contributed by atoms with Gasteiger partial charge < -0.3 is 0 Å². The molecule has 120 valence electrons. The summed E-state index contributed by atoms with van der Waals surface area (Å²) in [4.78, 5) is 8.25. The molecule has 0 amide bonds. The highest BCUT2D eigenvalue weighted by Gasteiger charge is 2.16. The lowest BCUT2D eigenvalue weighted by Gasteiger charge is -2.17. The number of fused-ring (bicyclic) bond motifs is 1. The fraction of sp³-hybridized carbons (Fsp3) is 0.150. The molecule has 0 N–H and O–H groups in total. The van der Waals surface area contributed by atoms with Crippen molar-refractivity contribution in [3.05, 3.63) is 83.5 Å². The average Bonchev–Trinajstić information content (AvgIpc) is 3.19. The molecule has 2 aromatic carbocycles. The Morgan fingerprint density at radius 1 is 0.958 bits per heavy atom. The first-order valence-electron chi connectivity index (χ1n) is 8.03. The van der Waals surface area contributed by atoms with Gasteiger partial charge in [-0.05, 0) is 12.6 Å². The maximum Gasteiger partial charge on any atom is 0.194 e. The van der Waals surface area contributed by atoms with E-state index in [1.165, 1.54) is 16.8 Å². The van der Waals surface area contributed by atoms with E-state index in [1.54, 1.807) is 11.3 Å². The summed E-state index contributed by atoms with van der Waals surface area (Å²) < 4.78 is 2.22. The second kappa shape index (κ2) is 6.59. The minimum Gasteiger partial charge on any atom is -0.296 e.